The quantitative estimate of drug-likeness (QED) is 0.877. The van der Waals surface area contributed by atoms with Gasteiger partial charge in [-0.15, -0.1) is 0 Å². The summed E-state index contributed by atoms with van der Waals surface area (Å²) in [6.45, 7) is 2.92. The third kappa shape index (κ3) is 4.33. The van der Waals surface area contributed by atoms with Crippen LogP contribution in [0.15, 0.2) is 24.3 Å². The van der Waals surface area contributed by atoms with Crippen molar-refractivity contribution in [2.24, 2.45) is 0 Å². The zero-order valence-electron chi connectivity index (χ0n) is 14.1. The lowest BCUT2D eigenvalue weighted by molar-refractivity contribution is 0.0542. The third-order valence-electron chi connectivity index (χ3n) is 5.13. The highest BCUT2D eigenvalue weighted by atomic mass is 16.5. The van der Waals surface area contributed by atoms with E-state index in [1.54, 1.807) is 7.05 Å². The summed E-state index contributed by atoms with van der Waals surface area (Å²) in [4.78, 5) is 14.3. The number of benzene rings is 1. The van der Waals surface area contributed by atoms with Crippen LogP contribution in [0.5, 0.6) is 0 Å². The molecular weight excluding hydrogens is 288 g/mol. The van der Waals surface area contributed by atoms with Crippen LogP contribution >= 0.6 is 0 Å². The molecule has 126 valence electrons. The van der Waals surface area contributed by atoms with Gasteiger partial charge >= 0.3 is 0 Å². The lowest BCUT2D eigenvalue weighted by Gasteiger charge is -2.31. The zero-order valence-corrected chi connectivity index (χ0v) is 14.1. The highest BCUT2D eigenvalue weighted by molar-refractivity contribution is 5.93. The van der Waals surface area contributed by atoms with Crippen molar-refractivity contribution in [1.82, 2.24) is 10.2 Å². The number of ether oxygens (including phenoxy) is 1. The Hall–Kier alpha value is -1.39. The van der Waals surface area contributed by atoms with Crippen LogP contribution in [0.3, 0.4) is 0 Å². The Morgan fingerprint density at radius 2 is 1.91 bits per heavy atom. The molecule has 23 heavy (non-hydrogen) atoms. The third-order valence-corrected chi connectivity index (χ3v) is 5.13. The number of rotatable bonds is 6. The van der Waals surface area contributed by atoms with Crippen LogP contribution in [0, 0.1) is 0 Å². The molecule has 1 heterocycles. The molecule has 2 aliphatic rings. The fourth-order valence-electron chi connectivity index (χ4n) is 3.80. The normalized spacial score (nSPS) is 21.9. The molecular formula is C19H28N2O2. The minimum atomic E-state index is -0.0245. The molecule has 1 unspecified atom stereocenters. The van der Waals surface area contributed by atoms with Crippen LogP contribution < -0.4 is 5.32 Å². The second kappa shape index (κ2) is 7.93. The van der Waals surface area contributed by atoms with E-state index in [2.05, 4.69) is 22.3 Å². The van der Waals surface area contributed by atoms with Gasteiger partial charge in [-0.2, -0.15) is 0 Å². The molecule has 2 fully saturated rings. The van der Waals surface area contributed by atoms with E-state index in [0.717, 1.165) is 25.3 Å². The smallest absolute Gasteiger partial charge is 0.251 e. The summed E-state index contributed by atoms with van der Waals surface area (Å²) >= 11 is 0. The number of hydrogen-bond acceptors (Lipinski definition) is 3. The summed E-state index contributed by atoms with van der Waals surface area (Å²) in [6.07, 6.45) is 8.11. The van der Waals surface area contributed by atoms with Crippen LogP contribution in [-0.2, 0) is 11.3 Å². The van der Waals surface area contributed by atoms with Crippen LogP contribution in [-0.4, -0.2) is 43.2 Å². The molecule has 4 heteroatoms. The SMILES string of the molecule is CNC(=O)c1ccc(CN(CC2CCCO2)C2CCCC2)cc1. The number of nitrogens with zero attached hydrogens (tertiary/aromatic N) is 1. The van der Waals surface area contributed by atoms with Crippen LogP contribution in [0.2, 0.25) is 0 Å². The minimum absolute atomic E-state index is 0.0245. The van der Waals surface area contributed by atoms with Crippen molar-refractivity contribution in [3.8, 4) is 0 Å². The van der Waals surface area contributed by atoms with Crippen molar-refractivity contribution in [2.45, 2.75) is 57.2 Å². The Balaban J connectivity index is 1.65. The summed E-state index contributed by atoms with van der Waals surface area (Å²) in [7, 11) is 1.67. The number of carbonyl (C=O) groups excluding carboxylic acids is 1. The summed E-state index contributed by atoms with van der Waals surface area (Å²) in [5, 5.41) is 2.67. The molecule has 4 nitrogen and oxygen atoms in total. The highest BCUT2D eigenvalue weighted by Gasteiger charge is 2.27. The van der Waals surface area contributed by atoms with Gasteiger partial charge in [0.15, 0.2) is 0 Å². The summed E-state index contributed by atoms with van der Waals surface area (Å²) in [6, 6.07) is 8.71. The van der Waals surface area contributed by atoms with Gasteiger partial charge in [0.05, 0.1) is 6.10 Å². The lowest BCUT2D eigenvalue weighted by atomic mass is 10.1. The lowest BCUT2D eigenvalue weighted by Crippen LogP contribution is -2.38. The Labute approximate surface area is 139 Å². The Morgan fingerprint density at radius 1 is 1.17 bits per heavy atom. The Morgan fingerprint density at radius 3 is 2.52 bits per heavy atom. The average Bonchev–Trinajstić information content (AvgIpc) is 3.27. The Bertz CT molecular complexity index is 503. The second-order valence-corrected chi connectivity index (χ2v) is 6.78. The summed E-state index contributed by atoms with van der Waals surface area (Å²) in [5.74, 6) is -0.0245. The second-order valence-electron chi connectivity index (χ2n) is 6.78. The number of nitrogens with one attached hydrogen (secondary N) is 1. The van der Waals surface area contributed by atoms with E-state index in [1.165, 1.54) is 44.1 Å². The van der Waals surface area contributed by atoms with Gasteiger partial charge in [0.1, 0.15) is 0 Å². The van der Waals surface area contributed by atoms with E-state index in [-0.39, 0.29) is 5.91 Å². The molecule has 0 spiro atoms. The zero-order chi connectivity index (χ0) is 16.1. The van der Waals surface area contributed by atoms with Gasteiger partial charge in [-0.25, -0.2) is 0 Å². The molecule has 1 aliphatic carbocycles. The fraction of sp³-hybridized carbons (Fsp3) is 0.632. The molecule has 0 radical (unpaired) electrons. The van der Waals surface area contributed by atoms with Gasteiger partial charge in [-0.3, -0.25) is 9.69 Å². The van der Waals surface area contributed by atoms with Crippen molar-refractivity contribution >= 4 is 5.91 Å². The molecule has 1 N–H and O–H groups in total. The predicted molar refractivity (Wildman–Crippen MR) is 91.5 cm³/mol. The van der Waals surface area contributed by atoms with E-state index in [0.29, 0.717) is 12.1 Å². The van der Waals surface area contributed by atoms with Gasteiger partial charge < -0.3 is 10.1 Å². The molecule has 1 amide bonds. The first-order valence-electron chi connectivity index (χ1n) is 8.93. The van der Waals surface area contributed by atoms with Crippen LogP contribution in [0.1, 0.15) is 54.4 Å². The van der Waals surface area contributed by atoms with Crippen molar-refractivity contribution in [3.63, 3.8) is 0 Å². The van der Waals surface area contributed by atoms with E-state index in [4.69, 9.17) is 4.74 Å². The maximum absolute atomic E-state index is 11.6. The molecule has 1 aromatic carbocycles. The molecule has 0 aromatic heterocycles. The highest BCUT2D eigenvalue weighted by Crippen LogP contribution is 2.27. The minimum Gasteiger partial charge on any atom is -0.377 e. The van der Waals surface area contributed by atoms with E-state index >= 15 is 0 Å². The average molecular weight is 316 g/mol. The van der Waals surface area contributed by atoms with Crippen molar-refractivity contribution in [2.75, 3.05) is 20.2 Å². The number of hydrogen-bond donors (Lipinski definition) is 1. The van der Waals surface area contributed by atoms with Crippen molar-refractivity contribution < 1.29 is 9.53 Å². The van der Waals surface area contributed by atoms with Crippen molar-refractivity contribution in [3.05, 3.63) is 35.4 Å². The molecule has 3 rings (SSSR count). The molecule has 0 bridgehead atoms. The van der Waals surface area contributed by atoms with Crippen LogP contribution in [0.25, 0.3) is 0 Å². The van der Waals surface area contributed by atoms with Gasteiger partial charge in [0.25, 0.3) is 5.91 Å². The molecule has 1 atom stereocenters. The van der Waals surface area contributed by atoms with Gasteiger partial charge in [-0.1, -0.05) is 25.0 Å². The maximum atomic E-state index is 11.6. The van der Waals surface area contributed by atoms with Gasteiger partial charge in [0.2, 0.25) is 0 Å². The standard InChI is InChI=1S/C19H28N2O2/c1-20-19(22)16-10-8-15(9-11-16)13-21(17-5-2-3-6-17)14-18-7-4-12-23-18/h8-11,17-18H,2-7,12-14H2,1H3,(H,20,22). The molecule has 1 aliphatic heterocycles. The maximum Gasteiger partial charge on any atom is 0.251 e. The van der Waals surface area contributed by atoms with Gasteiger partial charge in [-0.05, 0) is 43.4 Å². The first-order chi connectivity index (χ1) is 11.3. The molecule has 1 saturated carbocycles. The first kappa shape index (κ1) is 16.5. The molecule has 1 aromatic rings. The van der Waals surface area contributed by atoms with E-state index < -0.39 is 0 Å². The Kier molecular flexibility index (Phi) is 5.68. The van der Waals surface area contributed by atoms with Gasteiger partial charge in [0, 0.05) is 38.3 Å². The molecule has 1 saturated heterocycles. The van der Waals surface area contributed by atoms with E-state index in [1.807, 2.05) is 12.1 Å². The van der Waals surface area contributed by atoms with Crippen LogP contribution in [0.4, 0.5) is 0 Å². The summed E-state index contributed by atoms with van der Waals surface area (Å²) < 4.78 is 5.85. The monoisotopic (exact) mass is 316 g/mol. The van der Waals surface area contributed by atoms with Crippen molar-refractivity contribution in [1.29, 1.82) is 0 Å². The number of amides is 1. The number of carbonyl (C=O) groups is 1. The fourth-order valence-corrected chi connectivity index (χ4v) is 3.80. The largest absolute Gasteiger partial charge is 0.377 e. The summed E-state index contributed by atoms with van der Waals surface area (Å²) in [5.41, 5.74) is 2.00. The van der Waals surface area contributed by atoms with E-state index in [9.17, 15) is 4.79 Å². The topological polar surface area (TPSA) is 41.6 Å². The predicted octanol–water partition coefficient (Wildman–Crippen LogP) is 2.97. The first-order valence-corrected chi connectivity index (χ1v) is 8.93.